The average molecular weight is 428 g/mol. The van der Waals surface area contributed by atoms with E-state index >= 15 is 0 Å². The normalized spacial score (nSPS) is 14.1. The van der Waals surface area contributed by atoms with Crippen molar-refractivity contribution in [2.24, 2.45) is 0 Å². The Morgan fingerprint density at radius 1 is 1.03 bits per heavy atom. The highest BCUT2D eigenvalue weighted by Crippen LogP contribution is 2.27. The predicted molar refractivity (Wildman–Crippen MR) is 118 cm³/mol. The Kier molecular flexibility index (Phi) is 5.51. The molecule has 148 valence electrons. The van der Waals surface area contributed by atoms with Crippen LogP contribution in [0.4, 0.5) is 11.4 Å². The molecule has 1 aromatic heterocycles. The number of anilines is 1. The van der Waals surface area contributed by atoms with Crippen molar-refractivity contribution in [3.8, 4) is 11.3 Å². The van der Waals surface area contributed by atoms with E-state index in [1.165, 1.54) is 6.07 Å². The van der Waals surface area contributed by atoms with E-state index in [0.29, 0.717) is 28.9 Å². The maximum atomic E-state index is 11.0. The van der Waals surface area contributed by atoms with Crippen LogP contribution in [0.3, 0.4) is 0 Å². The molecule has 2 aromatic carbocycles. The Morgan fingerprint density at radius 3 is 2.52 bits per heavy atom. The quantitative estimate of drug-likeness (QED) is 0.331. The number of rotatable bonds is 4. The van der Waals surface area contributed by atoms with Crippen molar-refractivity contribution in [2.45, 2.75) is 0 Å². The SMILES string of the molecule is O=[N+]([O-])c1cccc(N2CCN(C(=S)c3ccc(-c4cccc(Cl)c4)o3)CC2)c1. The summed E-state index contributed by atoms with van der Waals surface area (Å²) in [5.74, 6) is 1.37. The molecule has 8 heteroatoms. The lowest BCUT2D eigenvalue weighted by molar-refractivity contribution is -0.384. The number of hydrogen-bond acceptors (Lipinski definition) is 5. The topological polar surface area (TPSA) is 62.8 Å². The minimum absolute atomic E-state index is 0.101. The number of halogens is 1. The average Bonchev–Trinajstić information content (AvgIpc) is 3.24. The molecule has 1 fully saturated rings. The van der Waals surface area contributed by atoms with Gasteiger partial charge in [0.25, 0.3) is 5.69 Å². The molecule has 0 saturated carbocycles. The van der Waals surface area contributed by atoms with Crippen molar-refractivity contribution >= 4 is 40.2 Å². The Hall–Kier alpha value is -2.90. The van der Waals surface area contributed by atoms with Crippen LogP contribution in [0.2, 0.25) is 5.02 Å². The number of nitro benzene ring substituents is 1. The summed E-state index contributed by atoms with van der Waals surface area (Å²) in [5, 5.41) is 11.7. The van der Waals surface area contributed by atoms with E-state index < -0.39 is 0 Å². The molecule has 0 amide bonds. The monoisotopic (exact) mass is 427 g/mol. The Morgan fingerprint density at radius 2 is 1.79 bits per heavy atom. The van der Waals surface area contributed by atoms with Crippen LogP contribution in [0.25, 0.3) is 11.3 Å². The second-order valence-electron chi connectivity index (χ2n) is 6.73. The van der Waals surface area contributed by atoms with Crippen LogP contribution in [-0.2, 0) is 0 Å². The first kappa shape index (κ1) is 19.4. The lowest BCUT2D eigenvalue weighted by Crippen LogP contribution is -2.48. The predicted octanol–water partition coefficient (Wildman–Crippen LogP) is 5.01. The molecule has 3 aromatic rings. The molecular weight excluding hydrogens is 410 g/mol. The summed E-state index contributed by atoms with van der Waals surface area (Å²) >= 11 is 11.7. The summed E-state index contributed by atoms with van der Waals surface area (Å²) in [7, 11) is 0. The zero-order valence-corrected chi connectivity index (χ0v) is 17.0. The van der Waals surface area contributed by atoms with Crippen LogP contribution in [-0.4, -0.2) is 41.0 Å². The molecule has 4 rings (SSSR count). The fraction of sp³-hybridized carbons (Fsp3) is 0.190. The largest absolute Gasteiger partial charge is 0.454 e. The van der Waals surface area contributed by atoms with E-state index in [4.69, 9.17) is 28.2 Å². The first-order valence-corrected chi connectivity index (χ1v) is 9.94. The van der Waals surface area contributed by atoms with Gasteiger partial charge in [-0.3, -0.25) is 10.1 Å². The molecule has 0 atom stereocenters. The van der Waals surface area contributed by atoms with Crippen LogP contribution in [0.1, 0.15) is 5.76 Å². The molecule has 0 unspecified atom stereocenters. The summed E-state index contributed by atoms with van der Waals surface area (Å²) in [4.78, 5) is 15.5. The van der Waals surface area contributed by atoms with Gasteiger partial charge in [0.2, 0.25) is 0 Å². The molecule has 29 heavy (non-hydrogen) atoms. The van der Waals surface area contributed by atoms with Gasteiger partial charge in [0, 0.05) is 54.6 Å². The number of non-ortho nitro benzene ring substituents is 1. The van der Waals surface area contributed by atoms with Gasteiger partial charge in [-0.1, -0.05) is 42.0 Å². The van der Waals surface area contributed by atoms with Crippen LogP contribution in [0.15, 0.2) is 65.1 Å². The zero-order valence-electron chi connectivity index (χ0n) is 15.5. The lowest BCUT2D eigenvalue weighted by Gasteiger charge is -2.36. The summed E-state index contributed by atoms with van der Waals surface area (Å²) < 4.78 is 5.96. The van der Waals surface area contributed by atoms with Crippen LogP contribution in [0.5, 0.6) is 0 Å². The van der Waals surface area contributed by atoms with Crippen LogP contribution >= 0.6 is 23.8 Å². The summed E-state index contributed by atoms with van der Waals surface area (Å²) in [6, 6.07) is 18.0. The maximum Gasteiger partial charge on any atom is 0.271 e. The number of nitrogens with zero attached hydrogens (tertiary/aromatic N) is 3. The fourth-order valence-electron chi connectivity index (χ4n) is 3.38. The highest BCUT2D eigenvalue weighted by molar-refractivity contribution is 7.80. The van der Waals surface area contributed by atoms with Crippen molar-refractivity contribution in [1.29, 1.82) is 0 Å². The maximum absolute atomic E-state index is 11.0. The summed E-state index contributed by atoms with van der Waals surface area (Å²) in [6.07, 6.45) is 0. The van der Waals surface area contributed by atoms with Crippen molar-refractivity contribution in [2.75, 3.05) is 31.1 Å². The number of hydrogen-bond donors (Lipinski definition) is 0. The van der Waals surface area contributed by atoms with Crippen molar-refractivity contribution < 1.29 is 9.34 Å². The Bertz CT molecular complexity index is 1060. The molecule has 0 radical (unpaired) electrons. The van der Waals surface area contributed by atoms with Gasteiger partial charge >= 0.3 is 0 Å². The third-order valence-corrected chi connectivity index (χ3v) is 5.59. The number of thiocarbonyl (C=S) groups is 1. The smallest absolute Gasteiger partial charge is 0.271 e. The highest BCUT2D eigenvalue weighted by atomic mass is 35.5. The first-order chi connectivity index (χ1) is 14.0. The minimum Gasteiger partial charge on any atom is -0.454 e. The molecular formula is C21H18ClN3O3S. The van der Waals surface area contributed by atoms with Gasteiger partial charge in [-0.2, -0.15) is 0 Å². The Labute approximate surface area is 178 Å². The zero-order chi connectivity index (χ0) is 20.4. The fourth-order valence-corrected chi connectivity index (χ4v) is 3.86. The second kappa shape index (κ2) is 8.23. The second-order valence-corrected chi connectivity index (χ2v) is 7.55. The van der Waals surface area contributed by atoms with Gasteiger partial charge in [0.1, 0.15) is 10.7 Å². The van der Waals surface area contributed by atoms with E-state index in [9.17, 15) is 10.1 Å². The van der Waals surface area contributed by atoms with E-state index in [2.05, 4.69) is 9.80 Å². The molecule has 1 saturated heterocycles. The van der Waals surface area contributed by atoms with E-state index in [0.717, 1.165) is 30.1 Å². The highest BCUT2D eigenvalue weighted by Gasteiger charge is 2.22. The molecule has 1 aliphatic rings. The Balaban J connectivity index is 1.42. The van der Waals surface area contributed by atoms with Gasteiger partial charge in [0.15, 0.2) is 5.76 Å². The number of furan rings is 1. The lowest BCUT2D eigenvalue weighted by atomic mass is 10.2. The first-order valence-electron chi connectivity index (χ1n) is 9.16. The van der Waals surface area contributed by atoms with E-state index in [1.807, 2.05) is 42.5 Å². The van der Waals surface area contributed by atoms with Crippen LogP contribution in [0, 0.1) is 10.1 Å². The van der Waals surface area contributed by atoms with Gasteiger partial charge in [0.05, 0.1) is 4.92 Å². The van der Waals surface area contributed by atoms with Gasteiger partial charge in [-0.25, -0.2) is 0 Å². The van der Waals surface area contributed by atoms with E-state index in [1.54, 1.807) is 12.1 Å². The van der Waals surface area contributed by atoms with Gasteiger partial charge in [-0.05, 0) is 30.3 Å². The molecule has 0 aliphatic carbocycles. The van der Waals surface area contributed by atoms with Crippen molar-refractivity contribution in [1.82, 2.24) is 4.90 Å². The number of piperazine rings is 1. The van der Waals surface area contributed by atoms with Crippen molar-refractivity contribution in [3.05, 3.63) is 81.6 Å². The standard InChI is InChI=1S/C21H18ClN3O3S/c22-16-4-1-3-15(13-16)19-7-8-20(28-19)21(29)24-11-9-23(10-12-24)17-5-2-6-18(14-17)25(26)27/h1-8,13-14H,9-12H2. The van der Waals surface area contributed by atoms with Crippen molar-refractivity contribution in [3.63, 3.8) is 0 Å². The number of benzene rings is 2. The number of nitro groups is 1. The minimum atomic E-state index is -0.372. The molecule has 0 spiro atoms. The van der Waals surface area contributed by atoms with Gasteiger partial charge in [-0.15, -0.1) is 0 Å². The molecule has 0 N–H and O–H groups in total. The third kappa shape index (κ3) is 4.26. The van der Waals surface area contributed by atoms with Crippen LogP contribution < -0.4 is 4.90 Å². The summed E-state index contributed by atoms with van der Waals surface area (Å²) in [5.41, 5.74) is 1.86. The molecule has 1 aliphatic heterocycles. The molecule has 0 bridgehead atoms. The molecule has 6 nitrogen and oxygen atoms in total. The van der Waals surface area contributed by atoms with E-state index in [-0.39, 0.29) is 10.6 Å². The van der Waals surface area contributed by atoms with Gasteiger partial charge < -0.3 is 14.2 Å². The molecule has 2 heterocycles. The summed E-state index contributed by atoms with van der Waals surface area (Å²) in [6.45, 7) is 2.88. The third-order valence-electron chi connectivity index (χ3n) is 4.90.